The van der Waals surface area contributed by atoms with Crippen LogP contribution < -0.4 is 9.47 Å². The van der Waals surface area contributed by atoms with E-state index in [1.54, 1.807) is 7.11 Å². The molecule has 0 heterocycles. The Labute approximate surface area is 158 Å². The molecular weight excluding hydrogens is 336 g/mol. The molecule has 0 spiro atoms. The van der Waals surface area contributed by atoms with Gasteiger partial charge in [0, 0.05) is 7.11 Å². The fourth-order valence-corrected chi connectivity index (χ4v) is 3.10. The Balaban J connectivity index is 1.88. The Morgan fingerprint density at radius 3 is 1.67 bits per heavy atom. The molecule has 0 bridgehead atoms. The molecule has 3 nitrogen and oxygen atoms in total. The summed E-state index contributed by atoms with van der Waals surface area (Å²) < 4.78 is 18.5. The molecule has 0 atom stereocenters. The van der Waals surface area contributed by atoms with Gasteiger partial charge in [-0.15, -0.1) is 0 Å². The number of ether oxygens (including phenoxy) is 3. The topological polar surface area (TPSA) is 27.7 Å². The van der Waals surface area contributed by atoms with Crippen molar-refractivity contribution in [1.29, 1.82) is 0 Å². The Hall–Kier alpha value is -3.30. The maximum absolute atomic E-state index is 6.30. The highest BCUT2D eigenvalue weighted by Crippen LogP contribution is 2.36. The lowest BCUT2D eigenvalue weighted by atomic mass is 10.0. The smallest absolute Gasteiger partial charge is 0.401 e. The van der Waals surface area contributed by atoms with E-state index in [1.165, 1.54) is 0 Å². The zero-order valence-electron chi connectivity index (χ0n) is 15.0. The molecule has 0 saturated carbocycles. The van der Waals surface area contributed by atoms with Crippen molar-refractivity contribution in [2.24, 2.45) is 0 Å². The average molecular weight is 356 g/mol. The summed E-state index contributed by atoms with van der Waals surface area (Å²) in [4.78, 5) is 0. The molecule has 134 valence electrons. The van der Waals surface area contributed by atoms with Crippen LogP contribution in [0.4, 0.5) is 0 Å². The number of hydrogen-bond donors (Lipinski definition) is 0. The molecule has 0 aromatic heterocycles. The lowest BCUT2D eigenvalue weighted by Crippen LogP contribution is -2.41. The number of para-hydroxylation sites is 2. The highest BCUT2D eigenvalue weighted by atomic mass is 16.9. The van der Waals surface area contributed by atoms with Crippen LogP contribution in [-0.2, 0) is 10.7 Å². The predicted octanol–water partition coefficient (Wildman–Crippen LogP) is 5.75. The van der Waals surface area contributed by atoms with Crippen LogP contribution in [0.3, 0.4) is 0 Å². The van der Waals surface area contributed by atoms with Crippen LogP contribution in [0.15, 0.2) is 103 Å². The van der Waals surface area contributed by atoms with Crippen LogP contribution in [0, 0.1) is 0 Å². The van der Waals surface area contributed by atoms with Gasteiger partial charge < -0.3 is 14.2 Å². The number of methoxy groups -OCH3 is 1. The minimum absolute atomic E-state index is 0.656. The maximum Gasteiger partial charge on any atom is 0.401 e. The van der Waals surface area contributed by atoms with E-state index in [-0.39, 0.29) is 0 Å². The van der Waals surface area contributed by atoms with E-state index < -0.39 is 5.97 Å². The monoisotopic (exact) mass is 356 g/mol. The largest absolute Gasteiger partial charge is 0.426 e. The van der Waals surface area contributed by atoms with Gasteiger partial charge >= 0.3 is 5.97 Å². The Bertz CT molecular complexity index is 966. The minimum atomic E-state index is -1.43. The lowest BCUT2D eigenvalue weighted by Gasteiger charge is -2.33. The summed E-state index contributed by atoms with van der Waals surface area (Å²) in [6, 6.07) is 33.2. The van der Waals surface area contributed by atoms with Crippen molar-refractivity contribution in [3.63, 3.8) is 0 Å². The summed E-state index contributed by atoms with van der Waals surface area (Å²) in [6.07, 6.45) is 0. The van der Waals surface area contributed by atoms with Crippen LogP contribution in [0.5, 0.6) is 11.5 Å². The molecule has 0 aliphatic rings. The van der Waals surface area contributed by atoms with Gasteiger partial charge in [-0.05, 0) is 41.1 Å². The van der Waals surface area contributed by atoms with Crippen molar-refractivity contribution in [3.05, 3.63) is 109 Å². The Kier molecular flexibility index (Phi) is 4.77. The molecule has 0 saturated heterocycles. The molecule has 0 N–H and O–H groups in total. The molecule has 0 amide bonds. The first-order valence-corrected chi connectivity index (χ1v) is 8.82. The molecule has 4 aromatic carbocycles. The lowest BCUT2D eigenvalue weighted by molar-refractivity contribution is -0.299. The van der Waals surface area contributed by atoms with E-state index in [0.717, 1.165) is 16.3 Å². The summed E-state index contributed by atoms with van der Waals surface area (Å²) in [5, 5.41) is 2.10. The summed E-state index contributed by atoms with van der Waals surface area (Å²) >= 11 is 0. The Morgan fingerprint density at radius 2 is 1.07 bits per heavy atom. The predicted molar refractivity (Wildman–Crippen MR) is 107 cm³/mol. The molecule has 0 aliphatic carbocycles. The number of fused-ring (bicyclic) bond motifs is 1. The summed E-state index contributed by atoms with van der Waals surface area (Å²) in [7, 11) is 1.59. The average Bonchev–Trinajstić information content (AvgIpc) is 2.74. The first kappa shape index (κ1) is 17.1. The quantitative estimate of drug-likeness (QED) is 0.411. The van der Waals surface area contributed by atoms with Gasteiger partial charge in [0.2, 0.25) is 0 Å². The van der Waals surface area contributed by atoms with Gasteiger partial charge in [-0.2, -0.15) is 0 Å². The fourth-order valence-electron chi connectivity index (χ4n) is 3.10. The maximum atomic E-state index is 6.30. The second-order valence-corrected chi connectivity index (χ2v) is 6.12. The first-order valence-electron chi connectivity index (χ1n) is 8.82. The van der Waals surface area contributed by atoms with Crippen molar-refractivity contribution in [3.8, 4) is 11.5 Å². The van der Waals surface area contributed by atoms with Gasteiger partial charge in [0.25, 0.3) is 0 Å². The highest BCUT2D eigenvalue weighted by Gasteiger charge is 2.40. The van der Waals surface area contributed by atoms with Gasteiger partial charge in [0.1, 0.15) is 11.5 Å². The van der Waals surface area contributed by atoms with Crippen molar-refractivity contribution >= 4 is 10.8 Å². The SMILES string of the molecule is COC(Oc1ccccc1)(Oc1ccccc1)c1cccc2ccccc12. The normalized spacial score (nSPS) is 11.3. The molecule has 27 heavy (non-hydrogen) atoms. The fraction of sp³-hybridized carbons (Fsp3) is 0.0833. The summed E-state index contributed by atoms with van der Waals surface area (Å²) in [5.74, 6) is -0.116. The van der Waals surface area contributed by atoms with Crippen LogP contribution in [0.25, 0.3) is 10.8 Å². The van der Waals surface area contributed by atoms with Crippen LogP contribution >= 0.6 is 0 Å². The summed E-state index contributed by atoms with van der Waals surface area (Å²) in [6.45, 7) is 0. The van der Waals surface area contributed by atoms with E-state index in [1.807, 2.05) is 91.0 Å². The zero-order chi connectivity index (χ0) is 18.5. The zero-order valence-corrected chi connectivity index (χ0v) is 15.0. The van der Waals surface area contributed by atoms with Crippen LogP contribution in [0.2, 0.25) is 0 Å². The van der Waals surface area contributed by atoms with Crippen LogP contribution in [0.1, 0.15) is 5.56 Å². The van der Waals surface area contributed by atoms with E-state index in [0.29, 0.717) is 11.5 Å². The molecular formula is C24H20O3. The highest BCUT2D eigenvalue weighted by molar-refractivity contribution is 5.86. The molecule has 3 heteroatoms. The molecule has 4 rings (SSSR count). The molecule has 0 unspecified atom stereocenters. The first-order chi connectivity index (χ1) is 13.3. The van der Waals surface area contributed by atoms with Gasteiger partial charge in [0.05, 0.1) is 5.56 Å². The van der Waals surface area contributed by atoms with Gasteiger partial charge in [-0.3, -0.25) is 0 Å². The van der Waals surface area contributed by atoms with Crippen molar-refractivity contribution in [2.75, 3.05) is 7.11 Å². The third-order valence-corrected chi connectivity index (χ3v) is 4.38. The third-order valence-electron chi connectivity index (χ3n) is 4.38. The van der Waals surface area contributed by atoms with Gasteiger partial charge in [-0.1, -0.05) is 72.8 Å². The van der Waals surface area contributed by atoms with Crippen LogP contribution in [-0.4, -0.2) is 7.11 Å². The van der Waals surface area contributed by atoms with E-state index >= 15 is 0 Å². The molecule has 0 aliphatic heterocycles. The minimum Gasteiger partial charge on any atom is -0.426 e. The van der Waals surface area contributed by atoms with Crippen molar-refractivity contribution in [1.82, 2.24) is 0 Å². The van der Waals surface area contributed by atoms with Crippen molar-refractivity contribution < 1.29 is 14.2 Å². The van der Waals surface area contributed by atoms with E-state index in [9.17, 15) is 0 Å². The van der Waals surface area contributed by atoms with Crippen molar-refractivity contribution in [2.45, 2.75) is 5.97 Å². The Morgan fingerprint density at radius 1 is 0.556 bits per heavy atom. The third kappa shape index (κ3) is 3.50. The molecule has 4 aromatic rings. The number of benzene rings is 4. The van der Waals surface area contributed by atoms with Gasteiger partial charge in [0.15, 0.2) is 0 Å². The van der Waals surface area contributed by atoms with E-state index in [4.69, 9.17) is 14.2 Å². The second kappa shape index (κ2) is 7.52. The summed E-state index contributed by atoms with van der Waals surface area (Å²) in [5.41, 5.74) is 0.802. The number of hydrogen-bond acceptors (Lipinski definition) is 3. The standard InChI is InChI=1S/C24H20O3/c1-25-24(26-20-13-4-2-5-14-20,27-21-15-6-3-7-16-21)23-18-10-12-19-11-8-9-17-22(19)23/h2-18H,1H3. The number of rotatable bonds is 6. The second-order valence-electron chi connectivity index (χ2n) is 6.12. The molecule has 0 fully saturated rings. The van der Waals surface area contributed by atoms with E-state index in [2.05, 4.69) is 12.1 Å². The van der Waals surface area contributed by atoms with Gasteiger partial charge in [-0.25, -0.2) is 0 Å². The molecule has 0 radical (unpaired) electrons.